The van der Waals surface area contributed by atoms with E-state index in [-0.39, 0.29) is 17.7 Å². The molecule has 1 atom stereocenters. The van der Waals surface area contributed by atoms with Gasteiger partial charge in [-0.15, -0.1) is 0 Å². The molecule has 0 unspecified atom stereocenters. The third-order valence-corrected chi connectivity index (χ3v) is 3.62. The Balaban J connectivity index is 1.84. The number of hydrogen-bond donors (Lipinski definition) is 1. The van der Waals surface area contributed by atoms with Gasteiger partial charge in [-0.3, -0.25) is 0 Å². The third kappa shape index (κ3) is 3.98. The number of alkyl halides is 2. The maximum absolute atomic E-state index is 13.0. The lowest BCUT2D eigenvalue weighted by molar-refractivity contribution is 0.120. The summed E-state index contributed by atoms with van der Waals surface area (Å²) < 4.78 is 44.6. The molecule has 0 spiro atoms. The highest BCUT2D eigenvalue weighted by Gasteiger charge is 2.17. The van der Waals surface area contributed by atoms with Gasteiger partial charge in [0.2, 0.25) is 5.95 Å². The minimum absolute atomic E-state index is 0.0445. The highest BCUT2D eigenvalue weighted by atomic mass is 19.3. The van der Waals surface area contributed by atoms with Gasteiger partial charge in [0.15, 0.2) is 0 Å². The topological polar surface area (TPSA) is 47.0 Å². The van der Waals surface area contributed by atoms with E-state index < -0.39 is 12.2 Å². The summed E-state index contributed by atoms with van der Waals surface area (Å²) in [4.78, 5) is 8.08. The van der Waals surface area contributed by atoms with Crippen LogP contribution in [0.3, 0.4) is 0 Å². The van der Waals surface area contributed by atoms with Crippen LogP contribution in [0, 0.1) is 5.82 Å². The van der Waals surface area contributed by atoms with Crippen molar-refractivity contribution in [2.75, 3.05) is 18.5 Å². The number of nitrogens with one attached hydrogen (secondary N) is 1. The maximum Gasteiger partial charge on any atom is 0.280 e. The summed E-state index contributed by atoms with van der Waals surface area (Å²) in [7, 11) is 0. The molecule has 1 saturated heterocycles. The van der Waals surface area contributed by atoms with Crippen LogP contribution in [0.25, 0.3) is 11.3 Å². The normalized spacial score (nSPS) is 17.7. The van der Waals surface area contributed by atoms with Crippen molar-refractivity contribution in [2.45, 2.75) is 25.4 Å². The zero-order chi connectivity index (χ0) is 16.2. The molecule has 122 valence electrons. The second-order valence-electron chi connectivity index (χ2n) is 5.33. The molecular weight excluding hydrogens is 307 g/mol. The lowest BCUT2D eigenvalue weighted by atomic mass is 10.1. The first-order chi connectivity index (χ1) is 11.1. The van der Waals surface area contributed by atoms with Crippen molar-refractivity contribution in [1.82, 2.24) is 9.97 Å². The van der Waals surface area contributed by atoms with Gasteiger partial charge in [0.05, 0.1) is 11.8 Å². The van der Waals surface area contributed by atoms with Crippen molar-refractivity contribution >= 4 is 5.95 Å². The average molecular weight is 323 g/mol. The first-order valence-corrected chi connectivity index (χ1v) is 7.40. The molecule has 7 heteroatoms. The summed E-state index contributed by atoms with van der Waals surface area (Å²) >= 11 is 0. The predicted octanol–water partition coefficient (Wildman–Crippen LogP) is 3.81. The van der Waals surface area contributed by atoms with Gasteiger partial charge in [-0.2, -0.15) is 0 Å². The monoisotopic (exact) mass is 323 g/mol. The minimum Gasteiger partial charge on any atom is -0.376 e. The van der Waals surface area contributed by atoms with Gasteiger partial charge in [0.1, 0.15) is 11.5 Å². The number of hydrogen-bond acceptors (Lipinski definition) is 4. The molecule has 23 heavy (non-hydrogen) atoms. The summed E-state index contributed by atoms with van der Waals surface area (Å²) in [5.74, 6) is -0.272. The van der Waals surface area contributed by atoms with Gasteiger partial charge < -0.3 is 10.1 Å². The molecule has 0 aliphatic carbocycles. The largest absolute Gasteiger partial charge is 0.376 e. The number of anilines is 1. The quantitative estimate of drug-likeness (QED) is 0.909. The van der Waals surface area contributed by atoms with Crippen LogP contribution in [0.1, 0.15) is 25.0 Å². The first kappa shape index (κ1) is 15.7. The molecule has 0 amide bonds. The Labute approximate surface area is 131 Å². The summed E-state index contributed by atoms with van der Waals surface area (Å²) in [6.07, 6.45) is -0.749. The van der Waals surface area contributed by atoms with Crippen LogP contribution < -0.4 is 5.32 Å². The van der Waals surface area contributed by atoms with Gasteiger partial charge in [-0.25, -0.2) is 23.1 Å². The minimum atomic E-state index is -2.71. The van der Waals surface area contributed by atoms with E-state index in [9.17, 15) is 13.2 Å². The highest BCUT2D eigenvalue weighted by Crippen LogP contribution is 2.25. The second-order valence-corrected chi connectivity index (χ2v) is 5.33. The number of benzene rings is 1. The molecule has 0 bridgehead atoms. The van der Waals surface area contributed by atoms with Gasteiger partial charge in [-0.1, -0.05) is 0 Å². The van der Waals surface area contributed by atoms with Crippen molar-refractivity contribution in [3.63, 3.8) is 0 Å². The van der Waals surface area contributed by atoms with E-state index in [1.807, 2.05) is 0 Å². The summed E-state index contributed by atoms with van der Waals surface area (Å²) in [6.45, 7) is 1.18. The molecule has 1 aliphatic rings. The lowest BCUT2D eigenvalue weighted by Gasteiger charge is -2.13. The molecule has 1 aliphatic heterocycles. The zero-order valence-electron chi connectivity index (χ0n) is 12.3. The number of halogens is 3. The summed E-state index contributed by atoms with van der Waals surface area (Å²) in [6, 6.07) is 6.74. The Morgan fingerprint density at radius 3 is 2.65 bits per heavy atom. The van der Waals surface area contributed by atoms with Gasteiger partial charge >= 0.3 is 0 Å². The van der Waals surface area contributed by atoms with Gasteiger partial charge in [-0.05, 0) is 43.2 Å². The second kappa shape index (κ2) is 6.95. The molecule has 1 aromatic carbocycles. The lowest BCUT2D eigenvalue weighted by Crippen LogP contribution is -2.20. The molecule has 1 N–H and O–H groups in total. The average Bonchev–Trinajstić information content (AvgIpc) is 3.07. The Kier molecular flexibility index (Phi) is 4.76. The van der Waals surface area contributed by atoms with Gasteiger partial charge in [0.25, 0.3) is 6.43 Å². The molecule has 3 rings (SSSR count). The zero-order valence-corrected chi connectivity index (χ0v) is 12.3. The summed E-state index contributed by atoms with van der Waals surface area (Å²) in [5.41, 5.74) is 0.509. The van der Waals surface area contributed by atoms with E-state index in [1.54, 1.807) is 0 Å². The van der Waals surface area contributed by atoms with Crippen LogP contribution in [0.2, 0.25) is 0 Å². The van der Waals surface area contributed by atoms with E-state index in [2.05, 4.69) is 15.3 Å². The van der Waals surface area contributed by atoms with Crippen molar-refractivity contribution in [3.05, 3.63) is 41.8 Å². The van der Waals surface area contributed by atoms with Crippen LogP contribution in [-0.4, -0.2) is 29.2 Å². The van der Waals surface area contributed by atoms with Crippen molar-refractivity contribution in [1.29, 1.82) is 0 Å². The fourth-order valence-electron chi connectivity index (χ4n) is 2.44. The smallest absolute Gasteiger partial charge is 0.280 e. The van der Waals surface area contributed by atoms with E-state index in [1.165, 1.54) is 30.3 Å². The molecule has 0 saturated carbocycles. The first-order valence-electron chi connectivity index (χ1n) is 7.40. The third-order valence-electron chi connectivity index (χ3n) is 3.62. The molecule has 0 radical (unpaired) electrons. The Hall–Kier alpha value is -2.15. The fraction of sp³-hybridized carbons (Fsp3) is 0.375. The molecule has 4 nitrogen and oxygen atoms in total. The number of ether oxygens (including phenoxy) is 1. The molecule has 1 aromatic heterocycles. The van der Waals surface area contributed by atoms with Crippen molar-refractivity contribution < 1.29 is 17.9 Å². The van der Waals surface area contributed by atoms with Crippen molar-refractivity contribution in [3.8, 4) is 11.3 Å². The fourth-order valence-corrected chi connectivity index (χ4v) is 2.44. The molecule has 1 fully saturated rings. The SMILES string of the molecule is Fc1ccc(-c2cc(C(F)F)nc(NC[C@H]3CCCO3)n2)cc1. The van der Waals surface area contributed by atoms with Crippen LogP contribution in [0.5, 0.6) is 0 Å². The van der Waals surface area contributed by atoms with Crippen LogP contribution in [-0.2, 0) is 4.74 Å². The Morgan fingerprint density at radius 1 is 1.22 bits per heavy atom. The molecule has 2 heterocycles. The van der Waals surface area contributed by atoms with E-state index in [0.29, 0.717) is 24.4 Å². The van der Waals surface area contributed by atoms with Crippen LogP contribution >= 0.6 is 0 Å². The standard InChI is InChI=1S/C16H16F3N3O/c17-11-5-3-10(4-6-11)13-8-14(15(18)19)22-16(21-13)20-9-12-2-1-7-23-12/h3-6,8,12,15H,1-2,7,9H2,(H,20,21,22)/t12-/m1/s1. The number of rotatable bonds is 5. The van der Waals surface area contributed by atoms with Crippen molar-refractivity contribution in [2.24, 2.45) is 0 Å². The predicted molar refractivity (Wildman–Crippen MR) is 79.8 cm³/mol. The maximum atomic E-state index is 13.0. The van der Waals surface area contributed by atoms with Crippen LogP contribution in [0.15, 0.2) is 30.3 Å². The number of nitrogens with zero attached hydrogens (tertiary/aromatic N) is 2. The molecule has 2 aromatic rings. The molecular formula is C16H16F3N3O. The summed E-state index contributed by atoms with van der Waals surface area (Å²) in [5, 5.41) is 2.95. The highest BCUT2D eigenvalue weighted by molar-refractivity contribution is 5.60. The van der Waals surface area contributed by atoms with Gasteiger partial charge in [0, 0.05) is 18.7 Å². The van der Waals surface area contributed by atoms with E-state index >= 15 is 0 Å². The van der Waals surface area contributed by atoms with Crippen LogP contribution in [0.4, 0.5) is 19.1 Å². The van der Waals surface area contributed by atoms with E-state index in [0.717, 1.165) is 12.8 Å². The Bertz CT molecular complexity index is 658. The number of aromatic nitrogens is 2. The van der Waals surface area contributed by atoms with E-state index in [4.69, 9.17) is 4.74 Å². The Morgan fingerprint density at radius 2 is 2.00 bits per heavy atom.